The number of carbonyl (C=O) groups excluding carboxylic acids is 1. The van der Waals surface area contributed by atoms with Crippen molar-refractivity contribution in [1.29, 1.82) is 0 Å². The molecule has 1 aromatic carbocycles. The van der Waals surface area contributed by atoms with Crippen molar-refractivity contribution in [3.63, 3.8) is 0 Å². The summed E-state index contributed by atoms with van der Waals surface area (Å²) >= 11 is 0. The number of carbonyl (C=O) groups is 1. The van der Waals surface area contributed by atoms with E-state index in [0.29, 0.717) is 18.2 Å². The van der Waals surface area contributed by atoms with Crippen LogP contribution in [0.1, 0.15) is 30.1 Å². The van der Waals surface area contributed by atoms with Crippen molar-refractivity contribution in [3.05, 3.63) is 60.4 Å². The number of para-hydroxylation sites is 1. The molecule has 138 valence electrons. The molecule has 5 heteroatoms. The smallest absolute Gasteiger partial charge is 0.252 e. The Labute approximate surface area is 159 Å². The third-order valence-corrected chi connectivity index (χ3v) is 5.34. The number of rotatable bonds is 5. The van der Waals surface area contributed by atoms with Gasteiger partial charge in [0.15, 0.2) is 0 Å². The van der Waals surface area contributed by atoms with Gasteiger partial charge in [-0.2, -0.15) is 0 Å². The number of aromatic nitrogens is 2. The number of fused-ring (bicyclic) bond motifs is 1. The summed E-state index contributed by atoms with van der Waals surface area (Å²) in [6.07, 6.45) is 5.84. The van der Waals surface area contributed by atoms with Crippen LogP contribution in [-0.2, 0) is 0 Å². The van der Waals surface area contributed by atoms with Crippen LogP contribution >= 0.6 is 0 Å². The maximum atomic E-state index is 13.0. The fraction of sp³-hybridized carbons (Fsp3) is 0.318. The van der Waals surface area contributed by atoms with Crippen LogP contribution < -0.4 is 5.32 Å². The first kappa shape index (κ1) is 17.6. The van der Waals surface area contributed by atoms with Crippen molar-refractivity contribution >= 4 is 16.8 Å². The van der Waals surface area contributed by atoms with Crippen molar-refractivity contribution in [3.8, 4) is 11.3 Å². The number of likely N-dealkylation sites (N-methyl/N-ethyl adjacent to an activating group) is 1. The number of amides is 1. The van der Waals surface area contributed by atoms with Gasteiger partial charge in [0.2, 0.25) is 0 Å². The van der Waals surface area contributed by atoms with E-state index in [1.807, 2.05) is 42.5 Å². The summed E-state index contributed by atoms with van der Waals surface area (Å²) in [5.41, 5.74) is 3.25. The molecule has 1 unspecified atom stereocenters. The highest BCUT2D eigenvalue weighted by Crippen LogP contribution is 2.24. The van der Waals surface area contributed by atoms with Crippen molar-refractivity contribution < 1.29 is 4.79 Å². The van der Waals surface area contributed by atoms with Crippen LogP contribution in [0.25, 0.3) is 22.2 Å². The Morgan fingerprint density at radius 3 is 2.85 bits per heavy atom. The van der Waals surface area contributed by atoms with E-state index in [0.717, 1.165) is 41.7 Å². The predicted octanol–water partition coefficient (Wildman–Crippen LogP) is 3.51. The lowest BCUT2D eigenvalue weighted by Crippen LogP contribution is -2.40. The molecule has 3 aromatic rings. The Bertz CT molecular complexity index is 941. The molecule has 0 aliphatic carbocycles. The first-order valence-corrected chi connectivity index (χ1v) is 9.58. The summed E-state index contributed by atoms with van der Waals surface area (Å²) in [5.74, 6) is -0.0353. The average Bonchev–Trinajstić information content (AvgIpc) is 3.19. The number of hydrogen-bond acceptors (Lipinski definition) is 4. The zero-order valence-corrected chi connectivity index (χ0v) is 15.6. The first-order valence-electron chi connectivity index (χ1n) is 9.58. The molecule has 0 bridgehead atoms. The largest absolute Gasteiger partial charge is 0.350 e. The Kier molecular flexibility index (Phi) is 5.12. The van der Waals surface area contributed by atoms with Gasteiger partial charge in [0.05, 0.1) is 16.8 Å². The number of nitrogens with one attached hydrogen (secondary N) is 1. The minimum Gasteiger partial charge on any atom is -0.350 e. The monoisotopic (exact) mass is 360 g/mol. The van der Waals surface area contributed by atoms with Crippen molar-refractivity contribution in [2.24, 2.45) is 0 Å². The Balaban J connectivity index is 1.64. The molecule has 0 spiro atoms. The quantitative estimate of drug-likeness (QED) is 0.756. The standard InChI is InChI=1S/C22H24N4O/c1-2-26-13-5-6-17(26)15-24-22(27)19-14-21(16-9-11-23-12-10-16)25-20-8-4-3-7-18(19)20/h3-4,7-12,14,17H,2,5-6,13,15H2,1H3,(H,24,27). The molecule has 1 N–H and O–H groups in total. The van der Waals surface area contributed by atoms with E-state index in [1.165, 1.54) is 6.42 Å². The minimum atomic E-state index is -0.0353. The molecule has 1 saturated heterocycles. The van der Waals surface area contributed by atoms with E-state index in [1.54, 1.807) is 12.4 Å². The molecule has 0 saturated carbocycles. The molecular formula is C22H24N4O. The van der Waals surface area contributed by atoms with E-state index in [-0.39, 0.29) is 5.91 Å². The molecule has 0 radical (unpaired) electrons. The van der Waals surface area contributed by atoms with Crippen LogP contribution in [0.5, 0.6) is 0 Å². The number of benzene rings is 1. The topological polar surface area (TPSA) is 58.1 Å². The van der Waals surface area contributed by atoms with Gasteiger partial charge in [0, 0.05) is 35.9 Å². The summed E-state index contributed by atoms with van der Waals surface area (Å²) in [6, 6.07) is 14.0. The van der Waals surface area contributed by atoms with Gasteiger partial charge in [-0.05, 0) is 50.2 Å². The van der Waals surface area contributed by atoms with Gasteiger partial charge < -0.3 is 5.32 Å². The molecule has 2 aromatic heterocycles. The zero-order valence-electron chi connectivity index (χ0n) is 15.6. The fourth-order valence-corrected chi connectivity index (χ4v) is 3.88. The van der Waals surface area contributed by atoms with E-state index >= 15 is 0 Å². The third-order valence-electron chi connectivity index (χ3n) is 5.34. The molecule has 1 amide bonds. The lowest BCUT2D eigenvalue weighted by Gasteiger charge is -2.23. The van der Waals surface area contributed by atoms with Gasteiger partial charge in [0.25, 0.3) is 5.91 Å². The Morgan fingerprint density at radius 2 is 2.04 bits per heavy atom. The molecule has 3 heterocycles. The van der Waals surface area contributed by atoms with Crippen LogP contribution in [0.15, 0.2) is 54.9 Å². The molecular weight excluding hydrogens is 336 g/mol. The van der Waals surface area contributed by atoms with Crippen molar-refractivity contribution in [2.45, 2.75) is 25.8 Å². The Hall–Kier alpha value is -2.79. The number of pyridine rings is 2. The van der Waals surface area contributed by atoms with Gasteiger partial charge in [0.1, 0.15) is 0 Å². The number of likely N-dealkylation sites (tertiary alicyclic amines) is 1. The second-order valence-electron chi connectivity index (χ2n) is 6.94. The summed E-state index contributed by atoms with van der Waals surface area (Å²) < 4.78 is 0. The minimum absolute atomic E-state index is 0.0353. The molecule has 1 aliphatic heterocycles. The van der Waals surface area contributed by atoms with Crippen LogP contribution in [0.2, 0.25) is 0 Å². The molecule has 1 atom stereocenters. The molecule has 5 nitrogen and oxygen atoms in total. The summed E-state index contributed by atoms with van der Waals surface area (Å²) in [6.45, 7) is 5.03. The molecule has 4 rings (SSSR count). The van der Waals surface area contributed by atoms with Gasteiger partial charge in [-0.25, -0.2) is 4.98 Å². The first-order chi connectivity index (χ1) is 13.3. The summed E-state index contributed by atoms with van der Waals surface area (Å²) in [5, 5.41) is 4.04. The number of nitrogens with zero attached hydrogens (tertiary/aromatic N) is 3. The van der Waals surface area contributed by atoms with Gasteiger partial charge in [-0.1, -0.05) is 25.1 Å². The van der Waals surface area contributed by atoms with Crippen LogP contribution in [-0.4, -0.2) is 46.5 Å². The maximum Gasteiger partial charge on any atom is 0.252 e. The highest BCUT2D eigenvalue weighted by Gasteiger charge is 2.23. The van der Waals surface area contributed by atoms with Gasteiger partial charge in [-0.15, -0.1) is 0 Å². The van der Waals surface area contributed by atoms with Crippen LogP contribution in [0.3, 0.4) is 0 Å². The van der Waals surface area contributed by atoms with E-state index < -0.39 is 0 Å². The third kappa shape index (κ3) is 3.69. The van der Waals surface area contributed by atoms with Crippen molar-refractivity contribution in [2.75, 3.05) is 19.6 Å². The molecule has 27 heavy (non-hydrogen) atoms. The van der Waals surface area contributed by atoms with E-state index in [9.17, 15) is 4.79 Å². The second-order valence-corrected chi connectivity index (χ2v) is 6.94. The van der Waals surface area contributed by atoms with Gasteiger partial charge >= 0.3 is 0 Å². The molecule has 1 aliphatic rings. The fourth-order valence-electron chi connectivity index (χ4n) is 3.88. The summed E-state index contributed by atoms with van der Waals surface area (Å²) in [7, 11) is 0. The van der Waals surface area contributed by atoms with E-state index in [2.05, 4.69) is 22.1 Å². The SMILES string of the molecule is CCN1CCCC1CNC(=O)c1cc(-c2ccncc2)nc2ccccc12. The highest BCUT2D eigenvalue weighted by molar-refractivity contribution is 6.07. The van der Waals surface area contributed by atoms with Crippen molar-refractivity contribution in [1.82, 2.24) is 20.2 Å². The van der Waals surface area contributed by atoms with Crippen LogP contribution in [0, 0.1) is 0 Å². The normalized spacial score (nSPS) is 17.3. The van der Waals surface area contributed by atoms with Gasteiger partial charge in [-0.3, -0.25) is 14.7 Å². The molecule has 1 fully saturated rings. The Morgan fingerprint density at radius 1 is 1.22 bits per heavy atom. The lowest BCUT2D eigenvalue weighted by atomic mass is 10.0. The lowest BCUT2D eigenvalue weighted by molar-refractivity contribution is 0.0943. The average molecular weight is 360 g/mol. The highest BCUT2D eigenvalue weighted by atomic mass is 16.1. The number of hydrogen-bond donors (Lipinski definition) is 1. The predicted molar refractivity (Wildman–Crippen MR) is 108 cm³/mol. The van der Waals surface area contributed by atoms with Crippen LogP contribution in [0.4, 0.5) is 0 Å². The summed E-state index contributed by atoms with van der Waals surface area (Å²) in [4.78, 5) is 24.3. The zero-order chi connectivity index (χ0) is 18.6. The van der Waals surface area contributed by atoms with E-state index in [4.69, 9.17) is 4.98 Å². The second kappa shape index (κ2) is 7.84. The maximum absolute atomic E-state index is 13.0.